The minimum atomic E-state index is -4.14. The molecule has 0 aromatic heterocycles. The Kier molecular flexibility index (Phi) is 5.09. The van der Waals surface area contributed by atoms with Gasteiger partial charge in [0.1, 0.15) is 0 Å². The van der Waals surface area contributed by atoms with Crippen molar-refractivity contribution in [1.82, 2.24) is 0 Å². The number of aryl methyl sites for hydroxylation is 1. The molecule has 0 atom stereocenters. The van der Waals surface area contributed by atoms with Crippen LogP contribution in [0.3, 0.4) is 0 Å². The van der Waals surface area contributed by atoms with Crippen LogP contribution in [0.4, 0.5) is 22.7 Å². The summed E-state index contributed by atoms with van der Waals surface area (Å²) in [5.74, 6) is 0. The summed E-state index contributed by atoms with van der Waals surface area (Å²) >= 11 is 0. The summed E-state index contributed by atoms with van der Waals surface area (Å²) in [6.07, 6.45) is 0. The van der Waals surface area contributed by atoms with Crippen LogP contribution in [-0.2, 0) is 10.0 Å². The Hall–Kier alpha value is -3.39. The second kappa shape index (κ2) is 7.46. The quantitative estimate of drug-likeness (QED) is 0.484. The number of sulfonamides is 1. The minimum Gasteiger partial charge on any atom is -0.354 e. The Morgan fingerprint density at radius 1 is 0.852 bits per heavy atom. The lowest BCUT2D eigenvalue weighted by Crippen LogP contribution is -2.15. The molecule has 2 N–H and O–H groups in total. The molecular weight excluding hydrogens is 366 g/mol. The van der Waals surface area contributed by atoms with E-state index in [9.17, 15) is 18.5 Å². The van der Waals surface area contributed by atoms with Gasteiger partial charge in [0.2, 0.25) is 0 Å². The lowest BCUT2D eigenvalue weighted by atomic mass is 10.2. The van der Waals surface area contributed by atoms with Gasteiger partial charge >= 0.3 is 0 Å². The lowest BCUT2D eigenvalue weighted by molar-refractivity contribution is -0.387. The summed E-state index contributed by atoms with van der Waals surface area (Å²) in [6.45, 7) is 1.97. The SMILES string of the molecule is Cc1ccc(Nc2ccccc2NS(=O)(=O)c2ccccc2[N+](=O)[O-])cc1. The predicted octanol–water partition coefficient (Wildman–Crippen LogP) is 4.45. The molecule has 0 spiro atoms. The van der Waals surface area contributed by atoms with Gasteiger partial charge < -0.3 is 5.32 Å². The molecule has 3 aromatic carbocycles. The summed E-state index contributed by atoms with van der Waals surface area (Å²) in [6, 6.07) is 19.6. The van der Waals surface area contributed by atoms with E-state index >= 15 is 0 Å². The second-order valence-corrected chi connectivity index (χ2v) is 7.52. The van der Waals surface area contributed by atoms with Crippen molar-refractivity contribution in [2.24, 2.45) is 0 Å². The number of nitrogens with zero attached hydrogens (tertiary/aromatic N) is 1. The maximum absolute atomic E-state index is 12.7. The van der Waals surface area contributed by atoms with Gasteiger partial charge in [-0.05, 0) is 37.3 Å². The van der Waals surface area contributed by atoms with E-state index in [2.05, 4.69) is 10.0 Å². The largest absolute Gasteiger partial charge is 0.354 e. The average Bonchev–Trinajstić information content (AvgIpc) is 2.65. The highest BCUT2D eigenvalue weighted by atomic mass is 32.2. The zero-order chi connectivity index (χ0) is 19.4. The number of nitrogens with one attached hydrogen (secondary N) is 2. The van der Waals surface area contributed by atoms with Crippen LogP contribution in [-0.4, -0.2) is 13.3 Å². The van der Waals surface area contributed by atoms with E-state index in [4.69, 9.17) is 0 Å². The first-order chi connectivity index (χ1) is 12.9. The maximum Gasteiger partial charge on any atom is 0.289 e. The van der Waals surface area contributed by atoms with Crippen LogP contribution in [0.2, 0.25) is 0 Å². The zero-order valence-electron chi connectivity index (χ0n) is 14.4. The Bertz CT molecular complexity index is 1080. The monoisotopic (exact) mass is 383 g/mol. The molecule has 0 aliphatic heterocycles. The van der Waals surface area contributed by atoms with Crippen molar-refractivity contribution < 1.29 is 13.3 Å². The van der Waals surface area contributed by atoms with E-state index in [-0.39, 0.29) is 10.6 Å². The third kappa shape index (κ3) is 4.24. The van der Waals surface area contributed by atoms with Gasteiger partial charge in [-0.2, -0.15) is 0 Å². The number of hydrogen-bond acceptors (Lipinski definition) is 5. The standard InChI is InChI=1S/C19H17N3O4S/c1-14-10-12-15(13-11-14)20-16-6-2-3-7-17(16)21-27(25,26)19-9-5-4-8-18(19)22(23)24/h2-13,20-21H,1H3. The van der Waals surface area contributed by atoms with E-state index < -0.39 is 20.6 Å². The highest BCUT2D eigenvalue weighted by molar-refractivity contribution is 7.92. The molecule has 0 aliphatic rings. The van der Waals surface area contributed by atoms with Crippen LogP contribution >= 0.6 is 0 Å². The van der Waals surface area contributed by atoms with Crippen LogP contribution in [0, 0.1) is 17.0 Å². The highest BCUT2D eigenvalue weighted by Crippen LogP contribution is 2.30. The second-order valence-electron chi connectivity index (χ2n) is 5.87. The molecule has 0 aliphatic carbocycles. The average molecular weight is 383 g/mol. The third-order valence-electron chi connectivity index (χ3n) is 3.85. The van der Waals surface area contributed by atoms with Gasteiger partial charge in [-0.3, -0.25) is 14.8 Å². The van der Waals surface area contributed by atoms with Gasteiger partial charge in [0, 0.05) is 11.8 Å². The fourth-order valence-electron chi connectivity index (χ4n) is 2.51. The van der Waals surface area contributed by atoms with Crippen molar-refractivity contribution >= 4 is 32.8 Å². The lowest BCUT2D eigenvalue weighted by Gasteiger charge is -2.14. The zero-order valence-corrected chi connectivity index (χ0v) is 15.2. The maximum atomic E-state index is 12.7. The molecule has 0 fully saturated rings. The van der Waals surface area contributed by atoms with Gasteiger partial charge in [0.25, 0.3) is 15.7 Å². The van der Waals surface area contributed by atoms with E-state index in [1.807, 2.05) is 31.2 Å². The highest BCUT2D eigenvalue weighted by Gasteiger charge is 2.25. The van der Waals surface area contributed by atoms with Crippen LogP contribution in [0.5, 0.6) is 0 Å². The van der Waals surface area contributed by atoms with Crippen LogP contribution in [0.15, 0.2) is 77.7 Å². The molecule has 7 nitrogen and oxygen atoms in total. The number of nitro groups is 1. The summed E-state index contributed by atoms with van der Waals surface area (Å²) < 4.78 is 27.9. The van der Waals surface area contributed by atoms with Gasteiger partial charge in [-0.15, -0.1) is 0 Å². The van der Waals surface area contributed by atoms with Crippen molar-refractivity contribution in [3.63, 3.8) is 0 Å². The number of hydrogen-bond donors (Lipinski definition) is 2. The first-order valence-electron chi connectivity index (χ1n) is 8.06. The third-order valence-corrected chi connectivity index (χ3v) is 5.27. The van der Waals surface area contributed by atoms with E-state index in [1.54, 1.807) is 24.3 Å². The van der Waals surface area contributed by atoms with Crippen molar-refractivity contribution in [1.29, 1.82) is 0 Å². The molecule has 0 saturated carbocycles. The summed E-state index contributed by atoms with van der Waals surface area (Å²) in [7, 11) is -4.14. The molecule has 0 amide bonds. The molecule has 0 radical (unpaired) electrons. The Morgan fingerprint density at radius 2 is 1.44 bits per heavy atom. The number of nitro benzene ring substituents is 1. The molecule has 3 aromatic rings. The molecule has 8 heteroatoms. The van der Waals surface area contributed by atoms with E-state index in [0.717, 1.165) is 17.3 Å². The van der Waals surface area contributed by atoms with Crippen LogP contribution in [0.1, 0.15) is 5.56 Å². The molecule has 0 unspecified atom stereocenters. The topological polar surface area (TPSA) is 101 Å². The Balaban J connectivity index is 1.94. The fourth-order valence-corrected chi connectivity index (χ4v) is 3.76. The molecule has 3 rings (SSSR count). The van der Waals surface area contributed by atoms with Crippen molar-refractivity contribution in [2.45, 2.75) is 11.8 Å². The first kappa shape index (κ1) is 18.4. The molecule has 0 saturated heterocycles. The number of anilines is 3. The Labute approximate surface area is 156 Å². The fraction of sp³-hybridized carbons (Fsp3) is 0.0526. The first-order valence-corrected chi connectivity index (χ1v) is 9.54. The Morgan fingerprint density at radius 3 is 2.11 bits per heavy atom. The number of benzene rings is 3. The molecule has 138 valence electrons. The summed E-state index contributed by atoms with van der Waals surface area (Å²) in [4.78, 5) is 10.1. The van der Waals surface area contributed by atoms with Gasteiger partial charge in [-0.25, -0.2) is 8.42 Å². The van der Waals surface area contributed by atoms with Gasteiger partial charge in [0.05, 0.1) is 16.3 Å². The van der Waals surface area contributed by atoms with Crippen molar-refractivity contribution in [3.8, 4) is 0 Å². The van der Waals surface area contributed by atoms with Gasteiger partial charge in [-0.1, -0.05) is 42.0 Å². The molecule has 0 heterocycles. The van der Waals surface area contributed by atoms with E-state index in [1.165, 1.54) is 18.2 Å². The molecule has 27 heavy (non-hydrogen) atoms. The summed E-state index contributed by atoms with van der Waals surface area (Å²) in [5, 5.41) is 14.3. The van der Waals surface area contributed by atoms with E-state index in [0.29, 0.717) is 5.69 Å². The smallest absolute Gasteiger partial charge is 0.289 e. The minimum absolute atomic E-state index is 0.288. The van der Waals surface area contributed by atoms with Crippen molar-refractivity contribution in [2.75, 3.05) is 10.0 Å². The normalized spacial score (nSPS) is 11.0. The van der Waals surface area contributed by atoms with Gasteiger partial charge in [0.15, 0.2) is 4.90 Å². The predicted molar refractivity (Wildman–Crippen MR) is 105 cm³/mol. The molecule has 0 bridgehead atoms. The van der Waals surface area contributed by atoms with Crippen molar-refractivity contribution in [3.05, 3.63) is 88.5 Å². The van der Waals surface area contributed by atoms with Crippen LogP contribution < -0.4 is 10.0 Å². The molecular formula is C19H17N3O4S. The number of para-hydroxylation sites is 3. The van der Waals surface area contributed by atoms with Crippen LogP contribution in [0.25, 0.3) is 0 Å². The summed E-state index contributed by atoms with van der Waals surface area (Å²) in [5.41, 5.74) is 2.23. The number of rotatable bonds is 6.